The summed E-state index contributed by atoms with van der Waals surface area (Å²) in [6, 6.07) is 3.66. The second-order valence-corrected chi connectivity index (χ2v) is 7.33. The van der Waals surface area contributed by atoms with Gasteiger partial charge in [-0.05, 0) is 6.07 Å². The maximum Gasteiger partial charge on any atom is 0.233 e. The molecule has 0 aliphatic carbocycles. The van der Waals surface area contributed by atoms with Crippen LogP contribution >= 0.6 is 23.5 Å². The molecule has 0 bridgehead atoms. The molecular formula is C16H23NO5S2. The van der Waals surface area contributed by atoms with E-state index in [9.17, 15) is 4.79 Å². The van der Waals surface area contributed by atoms with Gasteiger partial charge in [0.1, 0.15) is 11.1 Å². The highest BCUT2D eigenvalue weighted by molar-refractivity contribution is 8.00. The Morgan fingerprint density at radius 1 is 1.17 bits per heavy atom. The number of carbonyl (C=O) groups is 1. The summed E-state index contributed by atoms with van der Waals surface area (Å²) in [6.45, 7) is 0.791. The fourth-order valence-electron chi connectivity index (χ4n) is 2.53. The lowest BCUT2D eigenvalue weighted by molar-refractivity contribution is -0.127. The minimum atomic E-state index is -0.109. The van der Waals surface area contributed by atoms with Crippen molar-refractivity contribution in [2.24, 2.45) is 0 Å². The summed E-state index contributed by atoms with van der Waals surface area (Å²) in [5, 5.41) is 8.76. The fourth-order valence-corrected chi connectivity index (χ4v) is 4.42. The molecule has 1 amide bonds. The number of aliphatic hydroxyl groups excluding tert-OH is 1. The highest BCUT2D eigenvalue weighted by atomic mass is 32.2. The van der Waals surface area contributed by atoms with Crippen LogP contribution in [0, 0.1) is 0 Å². The van der Waals surface area contributed by atoms with Gasteiger partial charge in [-0.25, -0.2) is 0 Å². The predicted octanol–water partition coefficient (Wildman–Crippen LogP) is 2.01. The zero-order chi connectivity index (χ0) is 17.5. The standard InChI is InChI=1S/C16H23NO5S2/c1-20-12-9-14(22-3)13(21-2)8-11(12)16-17(15(19)10-24-16)4-6-23-7-5-18/h8-9,16,18H,4-7,10H2,1-3H3. The Morgan fingerprint density at radius 3 is 2.46 bits per heavy atom. The van der Waals surface area contributed by atoms with Crippen LogP contribution in [0.4, 0.5) is 0 Å². The lowest BCUT2D eigenvalue weighted by Gasteiger charge is -2.26. The van der Waals surface area contributed by atoms with E-state index in [0.29, 0.717) is 35.3 Å². The van der Waals surface area contributed by atoms with Crippen molar-refractivity contribution in [2.45, 2.75) is 5.37 Å². The van der Waals surface area contributed by atoms with E-state index in [2.05, 4.69) is 0 Å². The Bertz CT molecular complexity index is 570. The van der Waals surface area contributed by atoms with E-state index in [1.165, 1.54) is 0 Å². The van der Waals surface area contributed by atoms with Gasteiger partial charge in [-0.2, -0.15) is 11.8 Å². The Morgan fingerprint density at radius 2 is 1.83 bits per heavy atom. The van der Waals surface area contributed by atoms with Crippen molar-refractivity contribution in [3.63, 3.8) is 0 Å². The quantitative estimate of drug-likeness (QED) is 0.664. The van der Waals surface area contributed by atoms with Crippen molar-refractivity contribution in [1.82, 2.24) is 4.90 Å². The Labute approximate surface area is 150 Å². The number of aliphatic hydroxyl groups is 1. The second kappa shape index (κ2) is 9.29. The molecule has 24 heavy (non-hydrogen) atoms. The molecule has 0 radical (unpaired) electrons. The summed E-state index contributed by atoms with van der Waals surface area (Å²) in [5.74, 6) is 3.92. The first-order valence-electron chi connectivity index (χ1n) is 7.55. The first-order valence-corrected chi connectivity index (χ1v) is 9.76. The lowest BCUT2D eigenvalue weighted by Crippen LogP contribution is -2.30. The van der Waals surface area contributed by atoms with E-state index in [0.717, 1.165) is 11.3 Å². The van der Waals surface area contributed by atoms with Gasteiger partial charge in [0.05, 0.1) is 33.7 Å². The zero-order valence-electron chi connectivity index (χ0n) is 14.1. The van der Waals surface area contributed by atoms with Gasteiger partial charge in [0.2, 0.25) is 5.91 Å². The topological polar surface area (TPSA) is 68.2 Å². The molecule has 2 rings (SSSR count). The average molecular weight is 373 g/mol. The molecule has 0 saturated carbocycles. The van der Waals surface area contributed by atoms with Crippen LogP contribution in [0.2, 0.25) is 0 Å². The zero-order valence-corrected chi connectivity index (χ0v) is 15.7. The van der Waals surface area contributed by atoms with Gasteiger partial charge in [0.25, 0.3) is 0 Å². The Balaban J connectivity index is 2.25. The van der Waals surface area contributed by atoms with E-state index in [-0.39, 0.29) is 17.9 Å². The van der Waals surface area contributed by atoms with Crippen molar-refractivity contribution in [3.8, 4) is 17.2 Å². The molecule has 1 unspecified atom stereocenters. The van der Waals surface area contributed by atoms with Crippen molar-refractivity contribution < 1.29 is 24.1 Å². The predicted molar refractivity (Wildman–Crippen MR) is 97.4 cm³/mol. The normalized spacial score (nSPS) is 17.2. The highest BCUT2D eigenvalue weighted by Crippen LogP contribution is 2.46. The first-order chi connectivity index (χ1) is 11.7. The third kappa shape index (κ3) is 4.23. The summed E-state index contributed by atoms with van der Waals surface area (Å²) < 4.78 is 16.2. The maximum absolute atomic E-state index is 12.2. The van der Waals surface area contributed by atoms with Gasteiger partial charge >= 0.3 is 0 Å². The smallest absolute Gasteiger partial charge is 0.233 e. The number of amides is 1. The van der Waals surface area contributed by atoms with Crippen LogP contribution in [0.1, 0.15) is 10.9 Å². The summed E-state index contributed by atoms with van der Waals surface area (Å²) >= 11 is 3.21. The molecule has 1 aliphatic rings. The van der Waals surface area contributed by atoms with Crippen LogP contribution in [-0.4, -0.2) is 67.7 Å². The number of benzene rings is 1. The van der Waals surface area contributed by atoms with Crippen molar-refractivity contribution in [3.05, 3.63) is 17.7 Å². The molecule has 134 valence electrons. The number of methoxy groups -OCH3 is 3. The minimum absolute atomic E-state index is 0.109. The Hall–Kier alpha value is -1.25. The van der Waals surface area contributed by atoms with Crippen LogP contribution in [0.3, 0.4) is 0 Å². The molecule has 1 saturated heterocycles. The van der Waals surface area contributed by atoms with E-state index in [1.807, 2.05) is 11.0 Å². The van der Waals surface area contributed by atoms with Gasteiger partial charge in [0, 0.05) is 29.7 Å². The third-order valence-electron chi connectivity index (χ3n) is 3.68. The number of carbonyl (C=O) groups excluding carboxylic acids is 1. The van der Waals surface area contributed by atoms with Crippen LogP contribution in [-0.2, 0) is 4.79 Å². The monoisotopic (exact) mass is 373 g/mol. The van der Waals surface area contributed by atoms with Crippen molar-refractivity contribution in [2.75, 3.05) is 51.7 Å². The van der Waals surface area contributed by atoms with Crippen LogP contribution in [0.5, 0.6) is 17.2 Å². The summed E-state index contributed by atoms with van der Waals surface area (Å²) in [4.78, 5) is 14.1. The van der Waals surface area contributed by atoms with E-state index in [1.54, 1.807) is 50.9 Å². The number of hydrogen-bond acceptors (Lipinski definition) is 7. The molecule has 8 heteroatoms. The summed E-state index contributed by atoms with van der Waals surface area (Å²) in [5.41, 5.74) is 0.901. The molecule has 1 atom stereocenters. The second-order valence-electron chi connectivity index (χ2n) is 5.04. The lowest BCUT2D eigenvalue weighted by atomic mass is 10.1. The number of nitrogens with zero attached hydrogens (tertiary/aromatic N) is 1. The summed E-state index contributed by atoms with van der Waals surface area (Å²) in [7, 11) is 4.77. The van der Waals surface area contributed by atoms with Gasteiger partial charge in [-0.3, -0.25) is 4.79 Å². The van der Waals surface area contributed by atoms with E-state index in [4.69, 9.17) is 19.3 Å². The molecule has 1 heterocycles. The highest BCUT2D eigenvalue weighted by Gasteiger charge is 2.35. The van der Waals surface area contributed by atoms with Gasteiger partial charge in [0.15, 0.2) is 11.5 Å². The summed E-state index contributed by atoms with van der Waals surface area (Å²) in [6.07, 6.45) is 0. The third-order valence-corrected chi connectivity index (χ3v) is 5.86. The van der Waals surface area contributed by atoms with Crippen molar-refractivity contribution >= 4 is 29.4 Å². The molecule has 0 spiro atoms. The molecule has 1 fully saturated rings. The van der Waals surface area contributed by atoms with Gasteiger partial charge in [-0.1, -0.05) is 0 Å². The molecule has 1 aromatic carbocycles. The number of thioether (sulfide) groups is 2. The molecule has 6 nitrogen and oxygen atoms in total. The SMILES string of the molecule is COc1cc(OC)c(C2SCC(=O)N2CCSCCO)cc1OC. The number of rotatable bonds is 9. The van der Waals surface area contributed by atoms with Crippen LogP contribution in [0.15, 0.2) is 12.1 Å². The molecule has 0 aromatic heterocycles. The largest absolute Gasteiger partial charge is 0.496 e. The van der Waals surface area contributed by atoms with Crippen LogP contribution < -0.4 is 14.2 Å². The molecule has 1 aliphatic heterocycles. The van der Waals surface area contributed by atoms with Gasteiger partial charge in [-0.15, -0.1) is 11.8 Å². The van der Waals surface area contributed by atoms with E-state index < -0.39 is 0 Å². The maximum atomic E-state index is 12.2. The molecular weight excluding hydrogens is 350 g/mol. The molecule has 1 aromatic rings. The average Bonchev–Trinajstić information content (AvgIpc) is 2.98. The number of hydrogen-bond donors (Lipinski definition) is 1. The number of ether oxygens (including phenoxy) is 3. The minimum Gasteiger partial charge on any atom is -0.496 e. The first kappa shape index (κ1) is 19.1. The Kier molecular flexibility index (Phi) is 7.39. The van der Waals surface area contributed by atoms with E-state index >= 15 is 0 Å². The van der Waals surface area contributed by atoms with Gasteiger partial charge < -0.3 is 24.2 Å². The fraction of sp³-hybridized carbons (Fsp3) is 0.562. The molecule has 1 N–H and O–H groups in total. The van der Waals surface area contributed by atoms with Crippen LogP contribution in [0.25, 0.3) is 0 Å². The van der Waals surface area contributed by atoms with Crippen molar-refractivity contribution in [1.29, 1.82) is 0 Å².